The number of rotatable bonds is 14. The van der Waals surface area contributed by atoms with E-state index in [9.17, 15) is 0 Å². The van der Waals surface area contributed by atoms with Gasteiger partial charge in [0.25, 0.3) is 0 Å². The van der Waals surface area contributed by atoms with Gasteiger partial charge in [-0.3, -0.25) is 0 Å². The van der Waals surface area contributed by atoms with Crippen LogP contribution in [0, 0.1) is 0 Å². The number of halogens is 1. The molecule has 9 nitrogen and oxygen atoms in total. The van der Waals surface area contributed by atoms with Gasteiger partial charge in [-0.2, -0.15) is 0 Å². The van der Waals surface area contributed by atoms with Gasteiger partial charge in [-0.05, 0) is 63.1 Å². The molecule has 0 fully saturated rings. The summed E-state index contributed by atoms with van der Waals surface area (Å²) in [4.78, 5) is 13.2. The molecule has 3 N–H and O–H groups in total. The van der Waals surface area contributed by atoms with Crippen LogP contribution in [0.25, 0.3) is 10.9 Å². The summed E-state index contributed by atoms with van der Waals surface area (Å²) < 4.78 is 17.4. The molecule has 0 spiro atoms. The second kappa shape index (κ2) is 13.4. The Bertz CT molecular complexity index is 1370. The molecule has 4 aromatic rings. The zero-order valence-corrected chi connectivity index (χ0v) is 23.2. The molecule has 0 saturated carbocycles. The maximum absolute atomic E-state index is 9.17. The van der Waals surface area contributed by atoms with E-state index in [2.05, 4.69) is 39.4 Å². The fourth-order valence-electron chi connectivity index (χ4n) is 3.95. The van der Waals surface area contributed by atoms with Crippen molar-refractivity contribution in [3.05, 3.63) is 71.6 Å². The summed E-state index contributed by atoms with van der Waals surface area (Å²) in [7, 11) is 1.61. The number of nitrogens with one attached hydrogen (secondary N) is 2. The van der Waals surface area contributed by atoms with Crippen LogP contribution < -0.4 is 24.8 Å². The number of pyridine rings is 1. The average molecular weight is 552 g/mol. The number of ether oxygens (including phenoxy) is 3. The lowest BCUT2D eigenvalue weighted by Gasteiger charge is -2.25. The second-order valence-electron chi connectivity index (χ2n) is 9.66. The van der Waals surface area contributed by atoms with Crippen molar-refractivity contribution in [3.8, 4) is 17.4 Å². The highest BCUT2D eigenvalue weighted by Crippen LogP contribution is 2.35. The molecule has 0 bridgehead atoms. The molecule has 0 atom stereocenters. The number of hydrogen-bond donors (Lipinski definition) is 3. The predicted octanol–water partition coefficient (Wildman–Crippen LogP) is 5.53. The lowest BCUT2D eigenvalue weighted by atomic mass is 10.0. The summed E-state index contributed by atoms with van der Waals surface area (Å²) in [5, 5.41) is 17.4. The number of aliphatic hydroxyl groups excluding tert-OH is 1. The van der Waals surface area contributed by atoms with E-state index in [1.807, 2.05) is 42.5 Å². The number of anilines is 2. The van der Waals surface area contributed by atoms with Crippen LogP contribution in [0.2, 0.25) is 5.02 Å². The third-order valence-electron chi connectivity index (χ3n) is 6.11. The first kappa shape index (κ1) is 28.4. The molecule has 206 valence electrons. The third kappa shape index (κ3) is 8.16. The number of aliphatic hydroxyl groups is 1. The maximum Gasteiger partial charge on any atom is 0.213 e. The van der Waals surface area contributed by atoms with Crippen molar-refractivity contribution in [2.24, 2.45) is 0 Å². The van der Waals surface area contributed by atoms with E-state index in [1.54, 1.807) is 19.4 Å². The van der Waals surface area contributed by atoms with Crippen molar-refractivity contribution in [2.45, 2.75) is 38.8 Å². The average Bonchev–Trinajstić information content (AvgIpc) is 2.92. The summed E-state index contributed by atoms with van der Waals surface area (Å²) >= 11 is 6.04. The summed E-state index contributed by atoms with van der Waals surface area (Å²) in [6.45, 7) is 5.96. The van der Waals surface area contributed by atoms with Crippen LogP contribution >= 0.6 is 11.6 Å². The smallest absolute Gasteiger partial charge is 0.213 e. The summed E-state index contributed by atoms with van der Waals surface area (Å²) in [6.07, 6.45) is 4.69. The molecule has 2 heterocycles. The molecule has 0 aliphatic heterocycles. The van der Waals surface area contributed by atoms with Gasteiger partial charge >= 0.3 is 0 Å². The number of nitrogens with zero attached hydrogens (tertiary/aromatic N) is 3. The largest absolute Gasteiger partial charge is 0.493 e. The molecule has 2 aromatic carbocycles. The number of methoxy groups -OCH3 is 1. The zero-order valence-electron chi connectivity index (χ0n) is 22.4. The Balaban J connectivity index is 1.38. The highest BCUT2D eigenvalue weighted by Gasteiger charge is 2.16. The fraction of sp³-hybridized carbons (Fsp3) is 0.345. The highest BCUT2D eigenvalue weighted by atomic mass is 35.5. The molecule has 0 unspecified atom stereocenters. The Morgan fingerprint density at radius 3 is 2.62 bits per heavy atom. The van der Waals surface area contributed by atoms with Crippen LogP contribution in [0.3, 0.4) is 0 Å². The monoisotopic (exact) mass is 551 g/mol. The first-order valence-corrected chi connectivity index (χ1v) is 13.2. The maximum atomic E-state index is 9.17. The molecular weight excluding hydrogens is 518 g/mol. The quantitative estimate of drug-likeness (QED) is 0.174. The van der Waals surface area contributed by atoms with E-state index in [-0.39, 0.29) is 12.1 Å². The molecule has 0 aliphatic rings. The van der Waals surface area contributed by atoms with Crippen LogP contribution in [0.15, 0.2) is 61.1 Å². The van der Waals surface area contributed by atoms with Gasteiger partial charge < -0.3 is 30.0 Å². The van der Waals surface area contributed by atoms with E-state index < -0.39 is 0 Å². The SMILES string of the molecule is COc1cc2c(Nc3ccc(OCc4cccc(Cl)c4)nc3)ncnc2cc1OCCCNC(C)(C)CCO. The molecule has 0 amide bonds. The van der Waals surface area contributed by atoms with Crippen molar-refractivity contribution in [1.29, 1.82) is 0 Å². The van der Waals surface area contributed by atoms with Crippen molar-refractivity contribution in [1.82, 2.24) is 20.3 Å². The Morgan fingerprint density at radius 1 is 1.00 bits per heavy atom. The Hall–Kier alpha value is -3.66. The van der Waals surface area contributed by atoms with Gasteiger partial charge in [0.1, 0.15) is 18.8 Å². The fourth-order valence-corrected chi connectivity index (χ4v) is 4.16. The van der Waals surface area contributed by atoms with Crippen LogP contribution in [-0.4, -0.2) is 52.5 Å². The van der Waals surface area contributed by atoms with Crippen molar-refractivity contribution in [2.75, 3.05) is 32.2 Å². The minimum absolute atomic E-state index is 0.116. The second-order valence-corrected chi connectivity index (χ2v) is 10.1. The molecule has 0 radical (unpaired) electrons. The van der Waals surface area contributed by atoms with E-state index in [0.29, 0.717) is 47.9 Å². The first-order chi connectivity index (χ1) is 18.9. The number of aromatic nitrogens is 3. The lowest BCUT2D eigenvalue weighted by molar-refractivity contribution is 0.225. The molecule has 2 aromatic heterocycles. The minimum Gasteiger partial charge on any atom is -0.493 e. The van der Waals surface area contributed by atoms with Crippen LogP contribution in [0.1, 0.15) is 32.3 Å². The summed E-state index contributed by atoms with van der Waals surface area (Å²) in [6, 6.07) is 14.9. The first-order valence-electron chi connectivity index (χ1n) is 12.8. The van der Waals surface area contributed by atoms with E-state index in [4.69, 9.17) is 30.9 Å². The molecule has 10 heteroatoms. The lowest BCUT2D eigenvalue weighted by Crippen LogP contribution is -2.40. The number of hydrogen-bond acceptors (Lipinski definition) is 9. The van der Waals surface area contributed by atoms with Gasteiger partial charge in [-0.1, -0.05) is 23.7 Å². The molecule has 0 saturated heterocycles. The zero-order chi connectivity index (χ0) is 27.7. The topological polar surface area (TPSA) is 111 Å². The molecule has 0 aliphatic carbocycles. The Kier molecular flexibility index (Phi) is 9.75. The molecule has 39 heavy (non-hydrogen) atoms. The number of fused-ring (bicyclic) bond motifs is 1. The van der Waals surface area contributed by atoms with Crippen molar-refractivity contribution >= 4 is 34.0 Å². The van der Waals surface area contributed by atoms with Crippen LogP contribution in [0.4, 0.5) is 11.5 Å². The summed E-state index contributed by atoms with van der Waals surface area (Å²) in [5.74, 6) is 2.34. The van der Waals surface area contributed by atoms with E-state index in [0.717, 1.165) is 35.1 Å². The molecular formula is C29H34ClN5O4. The van der Waals surface area contributed by atoms with Gasteiger partial charge in [0, 0.05) is 34.7 Å². The van der Waals surface area contributed by atoms with Crippen LogP contribution in [-0.2, 0) is 6.61 Å². The van der Waals surface area contributed by atoms with E-state index in [1.165, 1.54) is 6.33 Å². The van der Waals surface area contributed by atoms with Gasteiger partial charge in [0.2, 0.25) is 5.88 Å². The third-order valence-corrected chi connectivity index (χ3v) is 6.35. The normalized spacial score (nSPS) is 11.4. The highest BCUT2D eigenvalue weighted by molar-refractivity contribution is 6.30. The van der Waals surface area contributed by atoms with Gasteiger partial charge in [0.15, 0.2) is 11.5 Å². The minimum atomic E-state index is -0.116. The van der Waals surface area contributed by atoms with Crippen LogP contribution in [0.5, 0.6) is 17.4 Å². The van der Waals surface area contributed by atoms with Crippen molar-refractivity contribution < 1.29 is 19.3 Å². The van der Waals surface area contributed by atoms with Crippen molar-refractivity contribution in [3.63, 3.8) is 0 Å². The van der Waals surface area contributed by atoms with E-state index >= 15 is 0 Å². The standard InChI is InChI=1S/C29H34ClN5O4/c1-29(2,10-12-36)34-11-5-13-38-26-16-24-23(15-25(26)37-3)28(33-19-32-24)35-22-8-9-27(31-17-22)39-18-20-6-4-7-21(30)14-20/h4,6-9,14-17,19,34,36H,5,10-13,18H2,1-3H3,(H,32,33,35). The summed E-state index contributed by atoms with van der Waals surface area (Å²) in [5.41, 5.74) is 2.33. The Labute approximate surface area is 233 Å². The van der Waals surface area contributed by atoms with Gasteiger partial charge in [-0.25, -0.2) is 15.0 Å². The van der Waals surface area contributed by atoms with Gasteiger partial charge in [0.05, 0.1) is 31.1 Å². The Morgan fingerprint density at radius 2 is 1.87 bits per heavy atom. The van der Waals surface area contributed by atoms with Gasteiger partial charge in [-0.15, -0.1) is 0 Å². The number of benzene rings is 2. The molecule has 4 rings (SSSR count). The predicted molar refractivity (Wildman–Crippen MR) is 153 cm³/mol.